The molecule has 0 amide bonds. The van der Waals surface area contributed by atoms with E-state index in [-0.39, 0.29) is 12.0 Å². The maximum absolute atomic E-state index is 12.1. The van der Waals surface area contributed by atoms with Crippen LogP contribution in [0, 0.1) is 0 Å². The molecule has 1 saturated carbocycles. The van der Waals surface area contributed by atoms with Gasteiger partial charge in [0, 0.05) is 12.1 Å². The Morgan fingerprint density at radius 3 is 2.70 bits per heavy atom. The van der Waals surface area contributed by atoms with Gasteiger partial charge >= 0.3 is 5.97 Å². The number of nitrogens with zero attached hydrogens (tertiary/aromatic N) is 2. The first-order chi connectivity index (χ1) is 9.63. The zero-order valence-corrected chi connectivity index (χ0v) is 12.6. The van der Waals surface area contributed by atoms with Gasteiger partial charge in [-0.25, -0.2) is 9.78 Å². The number of imidazole rings is 1. The molecule has 1 heterocycles. The maximum Gasteiger partial charge on any atom is 0.329 e. The molecule has 0 aromatic carbocycles. The van der Waals surface area contributed by atoms with Gasteiger partial charge in [-0.1, -0.05) is 19.3 Å². The Kier molecular flexibility index (Phi) is 5.17. The molecule has 20 heavy (non-hydrogen) atoms. The van der Waals surface area contributed by atoms with E-state index in [4.69, 9.17) is 4.74 Å². The van der Waals surface area contributed by atoms with Crippen molar-refractivity contribution >= 4 is 5.97 Å². The zero-order valence-electron chi connectivity index (χ0n) is 12.6. The molecular weight excluding hydrogens is 254 g/mol. The van der Waals surface area contributed by atoms with Crippen molar-refractivity contribution in [2.24, 2.45) is 0 Å². The molecule has 1 atom stereocenters. The van der Waals surface area contributed by atoms with Gasteiger partial charge in [0.2, 0.25) is 0 Å². The van der Waals surface area contributed by atoms with Crippen molar-refractivity contribution in [2.45, 2.75) is 64.1 Å². The quantitative estimate of drug-likeness (QED) is 0.842. The number of methoxy groups -OCH3 is 1. The summed E-state index contributed by atoms with van der Waals surface area (Å²) in [4.78, 5) is 16.3. The molecular formula is C15H25N3O2. The molecule has 1 aliphatic rings. The van der Waals surface area contributed by atoms with Gasteiger partial charge in [0.15, 0.2) is 0 Å². The van der Waals surface area contributed by atoms with E-state index in [2.05, 4.69) is 24.1 Å². The highest BCUT2D eigenvalue weighted by molar-refractivity contribution is 5.77. The van der Waals surface area contributed by atoms with E-state index in [1.54, 1.807) is 12.5 Å². The zero-order chi connectivity index (χ0) is 14.5. The summed E-state index contributed by atoms with van der Waals surface area (Å²) >= 11 is 0. The number of hydrogen-bond acceptors (Lipinski definition) is 4. The predicted molar refractivity (Wildman–Crippen MR) is 77.4 cm³/mol. The van der Waals surface area contributed by atoms with Crippen molar-refractivity contribution in [1.82, 2.24) is 14.9 Å². The first-order valence-electron chi connectivity index (χ1n) is 7.49. The lowest BCUT2D eigenvalue weighted by molar-refractivity contribution is -0.143. The van der Waals surface area contributed by atoms with E-state index in [0.29, 0.717) is 6.04 Å². The van der Waals surface area contributed by atoms with Gasteiger partial charge in [-0.3, -0.25) is 5.32 Å². The number of ether oxygens (including phenoxy) is 1. The average molecular weight is 279 g/mol. The summed E-state index contributed by atoms with van der Waals surface area (Å²) in [5, 5.41) is 3.47. The average Bonchev–Trinajstić information content (AvgIpc) is 2.94. The molecule has 0 bridgehead atoms. The normalized spacial score (nSPS) is 18.2. The third kappa shape index (κ3) is 3.39. The van der Waals surface area contributed by atoms with Crippen LogP contribution in [0.4, 0.5) is 0 Å². The van der Waals surface area contributed by atoms with Gasteiger partial charge in [0.05, 0.1) is 25.3 Å². The minimum absolute atomic E-state index is 0.238. The lowest BCUT2D eigenvalue weighted by Gasteiger charge is -2.28. The third-order valence-electron chi connectivity index (χ3n) is 3.99. The Morgan fingerprint density at radius 2 is 2.10 bits per heavy atom. The molecule has 0 radical (unpaired) electrons. The summed E-state index contributed by atoms with van der Waals surface area (Å²) in [6.45, 7) is 4.17. The van der Waals surface area contributed by atoms with Crippen LogP contribution in [0.15, 0.2) is 12.5 Å². The van der Waals surface area contributed by atoms with E-state index >= 15 is 0 Å². The summed E-state index contributed by atoms with van der Waals surface area (Å²) in [7, 11) is 1.44. The molecule has 112 valence electrons. The van der Waals surface area contributed by atoms with Crippen LogP contribution in [0.3, 0.4) is 0 Å². The summed E-state index contributed by atoms with van der Waals surface area (Å²) in [5.41, 5.74) is 0.887. The summed E-state index contributed by atoms with van der Waals surface area (Å²) < 4.78 is 7.00. The van der Waals surface area contributed by atoms with Crippen LogP contribution in [-0.4, -0.2) is 28.7 Å². The van der Waals surface area contributed by atoms with Crippen molar-refractivity contribution in [2.75, 3.05) is 7.11 Å². The van der Waals surface area contributed by atoms with Crippen LogP contribution in [0.25, 0.3) is 0 Å². The van der Waals surface area contributed by atoms with Crippen molar-refractivity contribution in [3.63, 3.8) is 0 Å². The summed E-state index contributed by atoms with van der Waals surface area (Å²) in [5.74, 6) is -0.238. The Labute approximate surface area is 120 Å². The fraction of sp³-hybridized carbons (Fsp3) is 0.733. The Hall–Kier alpha value is -1.36. The molecule has 2 rings (SSSR count). The molecule has 1 aromatic heterocycles. The first kappa shape index (κ1) is 15.0. The van der Waals surface area contributed by atoms with Crippen LogP contribution in [0.1, 0.15) is 63.7 Å². The number of aromatic nitrogens is 2. The molecule has 1 N–H and O–H groups in total. The molecule has 0 aliphatic heterocycles. The number of rotatable bonds is 5. The van der Waals surface area contributed by atoms with Gasteiger partial charge in [-0.2, -0.15) is 0 Å². The second-order valence-corrected chi connectivity index (χ2v) is 5.78. The number of nitrogens with one attached hydrogen (secondary N) is 1. The van der Waals surface area contributed by atoms with Crippen LogP contribution in [0.5, 0.6) is 0 Å². The second kappa shape index (κ2) is 6.88. The van der Waals surface area contributed by atoms with E-state index in [1.165, 1.54) is 26.4 Å². The van der Waals surface area contributed by atoms with Crippen molar-refractivity contribution < 1.29 is 9.53 Å². The van der Waals surface area contributed by atoms with Crippen LogP contribution in [-0.2, 0) is 9.53 Å². The van der Waals surface area contributed by atoms with E-state index in [9.17, 15) is 4.79 Å². The van der Waals surface area contributed by atoms with Gasteiger partial charge in [0.1, 0.15) is 6.04 Å². The second-order valence-electron chi connectivity index (χ2n) is 5.78. The van der Waals surface area contributed by atoms with Gasteiger partial charge in [-0.15, -0.1) is 0 Å². The maximum atomic E-state index is 12.1. The summed E-state index contributed by atoms with van der Waals surface area (Å²) in [6, 6.07) is 0.240. The molecule has 0 spiro atoms. The van der Waals surface area contributed by atoms with Crippen molar-refractivity contribution in [3.05, 3.63) is 18.2 Å². The summed E-state index contributed by atoms with van der Waals surface area (Å²) in [6.07, 6.45) is 9.55. The number of esters is 1. The molecule has 1 aromatic rings. The van der Waals surface area contributed by atoms with Crippen molar-refractivity contribution in [1.29, 1.82) is 0 Å². The number of carbonyl (C=O) groups excluding carboxylic acids is 1. The Balaban J connectivity index is 2.18. The van der Waals surface area contributed by atoms with Gasteiger partial charge in [0.25, 0.3) is 0 Å². The smallest absolute Gasteiger partial charge is 0.329 e. The third-order valence-corrected chi connectivity index (χ3v) is 3.99. The SMILES string of the molecule is COC(=O)C(NC1CCCCC1)c1cncn1C(C)C. The minimum Gasteiger partial charge on any atom is -0.468 e. The highest BCUT2D eigenvalue weighted by Crippen LogP contribution is 2.23. The molecule has 5 nitrogen and oxygen atoms in total. The van der Waals surface area contributed by atoms with E-state index in [1.807, 2.05) is 4.57 Å². The van der Waals surface area contributed by atoms with Crippen LogP contribution < -0.4 is 5.32 Å². The minimum atomic E-state index is -0.423. The number of hydrogen-bond donors (Lipinski definition) is 1. The number of carbonyl (C=O) groups is 1. The first-order valence-corrected chi connectivity index (χ1v) is 7.49. The Morgan fingerprint density at radius 1 is 1.40 bits per heavy atom. The van der Waals surface area contributed by atoms with Crippen molar-refractivity contribution in [3.8, 4) is 0 Å². The highest BCUT2D eigenvalue weighted by atomic mass is 16.5. The fourth-order valence-electron chi connectivity index (χ4n) is 2.87. The largest absolute Gasteiger partial charge is 0.468 e. The van der Waals surface area contributed by atoms with Gasteiger partial charge in [-0.05, 0) is 26.7 Å². The highest BCUT2D eigenvalue weighted by Gasteiger charge is 2.28. The monoisotopic (exact) mass is 279 g/mol. The standard InChI is InChI=1S/C15H25N3O2/c1-11(2)18-10-16-9-13(18)14(15(19)20-3)17-12-7-5-4-6-8-12/h9-12,14,17H,4-8H2,1-3H3. The van der Waals surface area contributed by atoms with E-state index in [0.717, 1.165) is 18.5 Å². The van der Waals surface area contributed by atoms with Crippen LogP contribution >= 0.6 is 0 Å². The molecule has 0 saturated heterocycles. The Bertz CT molecular complexity index is 436. The molecule has 1 fully saturated rings. The molecule has 5 heteroatoms. The van der Waals surface area contributed by atoms with Gasteiger partial charge < -0.3 is 9.30 Å². The lowest BCUT2D eigenvalue weighted by Crippen LogP contribution is -2.39. The predicted octanol–water partition coefficient (Wildman–Crippen LogP) is 2.60. The molecule has 1 unspecified atom stereocenters. The molecule has 1 aliphatic carbocycles. The lowest BCUT2D eigenvalue weighted by atomic mass is 9.94. The topological polar surface area (TPSA) is 56.1 Å². The van der Waals surface area contributed by atoms with E-state index < -0.39 is 6.04 Å². The fourth-order valence-corrected chi connectivity index (χ4v) is 2.87. The van der Waals surface area contributed by atoms with Crippen LogP contribution in [0.2, 0.25) is 0 Å².